The van der Waals surface area contributed by atoms with E-state index < -0.39 is 20.8 Å². The van der Waals surface area contributed by atoms with Crippen molar-refractivity contribution in [3.63, 3.8) is 0 Å². The Bertz CT molecular complexity index is 766. The molecule has 8 nitrogen and oxygen atoms in total. The van der Waals surface area contributed by atoms with E-state index in [0.717, 1.165) is 25.9 Å². The van der Waals surface area contributed by atoms with Crippen molar-refractivity contribution < 1.29 is 23.0 Å². The molecule has 0 saturated carbocycles. The normalized spacial score (nSPS) is 19.5. The number of rotatable bonds is 7. The maximum absolute atomic E-state index is 12.7. The molecule has 0 spiro atoms. The number of sulfone groups is 1. The monoisotopic (exact) mass is 385 g/mol. The summed E-state index contributed by atoms with van der Waals surface area (Å²) in [6.07, 6.45) is 1.88. The number of carbonyl (C=O) groups is 1. The van der Waals surface area contributed by atoms with E-state index in [9.17, 15) is 18.4 Å². The van der Waals surface area contributed by atoms with Crippen molar-refractivity contribution in [2.75, 3.05) is 38.2 Å². The van der Waals surface area contributed by atoms with E-state index in [1.54, 1.807) is 0 Å². The highest BCUT2D eigenvalue weighted by atomic mass is 32.2. The van der Waals surface area contributed by atoms with E-state index in [1.165, 1.54) is 26.2 Å². The Labute approximate surface area is 154 Å². The van der Waals surface area contributed by atoms with Gasteiger partial charge < -0.3 is 20.7 Å². The van der Waals surface area contributed by atoms with Crippen LogP contribution in [0.3, 0.4) is 0 Å². The lowest BCUT2D eigenvalue weighted by Crippen LogP contribution is -3.11. The SMILES string of the molecule is CCN1CCCC1C[NH+]([O-])C(=O)c1cc(S(=O)(=O)CC)c(N)cc1OC. The first-order chi connectivity index (χ1) is 12.2. The number of benzene rings is 1. The van der Waals surface area contributed by atoms with Gasteiger partial charge in [0.15, 0.2) is 9.84 Å². The van der Waals surface area contributed by atoms with Crippen molar-refractivity contribution in [3.05, 3.63) is 22.9 Å². The lowest BCUT2D eigenvalue weighted by Gasteiger charge is -2.28. The summed E-state index contributed by atoms with van der Waals surface area (Å²) < 4.78 is 29.6. The van der Waals surface area contributed by atoms with Gasteiger partial charge in [-0.25, -0.2) is 13.2 Å². The summed E-state index contributed by atoms with van der Waals surface area (Å²) in [5.74, 6) is -0.787. The standard InChI is InChI=1S/C17H27N3O5S/c1-4-19-8-6-7-12(19)11-20(22)17(21)13-9-16(26(23,24)5-2)14(18)10-15(13)25-3/h9-10,12,20H,4-8,11,18H2,1-3H3. The summed E-state index contributed by atoms with van der Waals surface area (Å²) in [7, 11) is -2.28. The van der Waals surface area contributed by atoms with Crippen LogP contribution in [0.5, 0.6) is 5.75 Å². The number of ether oxygens (including phenoxy) is 1. The molecule has 1 aliphatic heterocycles. The second-order valence-electron chi connectivity index (χ2n) is 6.37. The molecule has 1 amide bonds. The highest BCUT2D eigenvalue weighted by Gasteiger charge is 2.30. The zero-order valence-electron chi connectivity index (χ0n) is 15.4. The lowest BCUT2D eigenvalue weighted by atomic mass is 10.1. The van der Waals surface area contributed by atoms with Gasteiger partial charge in [0.1, 0.15) is 11.3 Å². The first-order valence-electron chi connectivity index (χ1n) is 8.77. The summed E-state index contributed by atoms with van der Waals surface area (Å²) in [6, 6.07) is 2.51. The van der Waals surface area contributed by atoms with Gasteiger partial charge in [-0.3, -0.25) is 4.90 Å². The molecular formula is C17H27N3O5S. The van der Waals surface area contributed by atoms with Crippen LogP contribution in [0.4, 0.5) is 5.69 Å². The third kappa shape index (κ3) is 4.17. The average Bonchev–Trinajstić information content (AvgIpc) is 3.07. The Hall–Kier alpha value is -1.68. The smallest absolute Gasteiger partial charge is 0.348 e. The summed E-state index contributed by atoms with van der Waals surface area (Å²) >= 11 is 0. The van der Waals surface area contributed by atoms with Crippen LogP contribution in [0.2, 0.25) is 0 Å². The Morgan fingerprint density at radius 2 is 2.12 bits per heavy atom. The lowest BCUT2D eigenvalue weighted by molar-refractivity contribution is -0.760. The zero-order chi connectivity index (χ0) is 19.5. The van der Waals surface area contributed by atoms with E-state index in [2.05, 4.69) is 4.90 Å². The number of methoxy groups -OCH3 is 1. The van der Waals surface area contributed by atoms with Gasteiger partial charge in [0.25, 0.3) is 0 Å². The van der Waals surface area contributed by atoms with Crippen LogP contribution in [-0.4, -0.2) is 57.8 Å². The molecule has 0 bridgehead atoms. The summed E-state index contributed by atoms with van der Waals surface area (Å²) in [4.78, 5) is 14.7. The maximum atomic E-state index is 12.7. The molecule has 1 heterocycles. The first kappa shape index (κ1) is 20.6. The first-order valence-corrected chi connectivity index (χ1v) is 10.4. The van der Waals surface area contributed by atoms with Crippen LogP contribution in [0.15, 0.2) is 17.0 Å². The Balaban J connectivity index is 2.33. The molecule has 146 valence electrons. The highest BCUT2D eigenvalue weighted by Crippen LogP contribution is 2.29. The van der Waals surface area contributed by atoms with Gasteiger partial charge in [0.2, 0.25) is 0 Å². The number of hydrogen-bond donors (Lipinski definition) is 2. The molecule has 3 N–H and O–H groups in total. The van der Waals surface area contributed by atoms with Gasteiger partial charge in [-0.2, -0.15) is 0 Å². The van der Waals surface area contributed by atoms with Gasteiger partial charge in [-0.15, -0.1) is 0 Å². The number of anilines is 1. The van der Waals surface area contributed by atoms with Gasteiger partial charge in [-0.1, -0.05) is 13.8 Å². The van der Waals surface area contributed by atoms with E-state index >= 15 is 0 Å². The molecule has 1 saturated heterocycles. The molecule has 2 unspecified atom stereocenters. The van der Waals surface area contributed by atoms with Crippen molar-refractivity contribution in [1.82, 2.24) is 4.90 Å². The van der Waals surface area contributed by atoms with Crippen LogP contribution in [0.1, 0.15) is 37.0 Å². The van der Waals surface area contributed by atoms with Crippen molar-refractivity contribution in [3.8, 4) is 5.75 Å². The maximum Gasteiger partial charge on any atom is 0.348 e. The highest BCUT2D eigenvalue weighted by molar-refractivity contribution is 7.91. The molecule has 1 aliphatic rings. The summed E-state index contributed by atoms with van der Waals surface area (Å²) in [5.41, 5.74) is 5.75. The van der Waals surface area contributed by atoms with Gasteiger partial charge in [-0.05, 0) is 32.0 Å². The number of likely N-dealkylation sites (tertiary alicyclic amines) is 1. The third-order valence-electron chi connectivity index (χ3n) is 4.87. The number of nitrogens with zero attached hydrogens (tertiary/aromatic N) is 1. The number of amides is 1. The van der Waals surface area contributed by atoms with Crippen LogP contribution in [0.25, 0.3) is 0 Å². The van der Waals surface area contributed by atoms with Crippen molar-refractivity contribution in [2.24, 2.45) is 0 Å². The number of nitrogens with one attached hydrogen (secondary N) is 1. The van der Waals surface area contributed by atoms with E-state index in [0.29, 0.717) is 0 Å². The number of nitrogens with two attached hydrogens (primary N) is 1. The molecule has 2 rings (SSSR count). The van der Waals surface area contributed by atoms with Crippen LogP contribution >= 0.6 is 0 Å². The molecule has 1 fully saturated rings. The molecule has 9 heteroatoms. The minimum Gasteiger partial charge on any atom is -0.626 e. The molecule has 0 radical (unpaired) electrons. The molecule has 0 aliphatic carbocycles. The molecule has 1 aromatic carbocycles. The van der Waals surface area contributed by atoms with Crippen molar-refractivity contribution in [2.45, 2.75) is 37.6 Å². The predicted molar refractivity (Wildman–Crippen MR) is 98.9 cm³/mol. The summed E-state index contributed by atoms with van der Waals surface area (Å²) in [6.45, 7) is 5.39. The minimum atomic E-state index is -3.62. The van der Waals surface area contributed by atoms with Gasteiger partial charge in [0.05, 0.1) is 36.0 Å². The Morgan fingerprint density at radius 3 is 2.69 bits per heavy atom. The number of nitrogen functional groups attached to an aromatic ring is 1. The topological polar surface area (TPSA) is 117 Å². The zero-order valence-corrected chi connectivity index (χ0v) is 16.3. The quantitative estimate of drug-likeness (QED) is 0.504. The van der Waals surface area contributed by atoms with E-state index in [-0.39, 0.29) is 40.2 Å². The van der Waals surface area contributed by atoms with Crippen LogP contribution in [0, 0.1) is 5.21 Å². The summed E-state index contributed by atoms with van der Waals surface area (Å²) in [5, 5.41) is 12.0. The van der Waals surface area contributed by atoms with Crippen molar-refractivity contribution in [1.29, 1.82) is 0 Å². The molecule has 0 aromatic heterocycles. The fourth-order valence-corrected chi connectivity index (χ4v) is 4.37. The van der Waals surface area contributed by atoms with Gasteiger partial charge >= 0.3 is 5.91 Å². The Morgan fingerprint density at radius 1 is 1.42 bits per heavy atom. The molecule has 2 atom stereocenters. The second-order valence-corrected chi connectivity index (χ2v) is 8.62. The fraction of sp³-hybridized carbons (Fsp3) is 0.588. The van der Waals surface area contributed by atoms with Gasteiger partial charge in [0, 0.05) is 6.07 Å². The number of carbonyl (C=O) groups excluding carboxylic acids is 1. The van der Waals surface area contributed by atoms with Crippen LogP contribution < -0.4 is 15.5 Å². The predicted octanol–water partition coefficient (Wildman–Crippen LogP) is 0.0782. The van der Waals surface area contributed by atoms with E-state index in [1.807, 2.05) is 6.92 Å². The third-order valence-corrected chi connectivity index (χ3v) is 6.65. The minimum absolute atomic E-state index is 0.000602. The number of hydrogen-bond acceptors (Lipinski definition) is 7. The van der Waals surface area contributed by atoms with Crippen LogP contribution in [-0.2, 0) is 9.84 Å². The largest absolute Gasteiger partial charge is 0.626 e. The number of hydroxylamine groups is 2. The molecule has 26 heavy (non-hydrogen) atoms. The molecule has 1 aromatic rings. The number of quaternary nitrogens is 1. The van der Waals surface area contributed by atoms with E-state index in [4.69, 9.17) is 10.5 Å². The fourth-order valence-electron chi connectivity index (χ4n) is 3.35. The van der Waals surface area contributed by atoms with Crippen molar-refractivity contribution >= 4 is 21.4 Å². The average molecular weight is 385 g/mol. The number of likely N-dealkylation sites (N-methyl/N-ethyl adjacent to an activating group) is 1. The second kappa shape index (κ2) is 8.34. The Kier molecular flexibility index (Phi) is 6.62. The molecular weight excluding hydrogens is 358 g/mol.